The molecule has 1 aliphatic carbocycles. The Kier molecular flexibility index (Phi) is 2.73. The molecule has 3 unspecified atom stereocenters. The predicted octanol–water partition coefficient (Wildman–Crippen LogP) is 0.864. The molecule has 2 aliphatic rings. The summed E-state index contributed by atoms with van der Waals surface area (Å²) in [5.74, 6) is -0.146. The number of ether oxygens (including phenoxy) is 1. The third-order valence-electron chi connectivity index (χ3n) is 3.80. The van der Waals surface area contributed by atoms with Crippen LogP contribution in [0.5, 0.6) is 0 Å². The topological polar surface area (TPSA) is 58.6 Å². The molecule has 1 saturated heterocycles. The summed E-state index contributed by atoms with van der Waals surface area (Å²) in [5.41, 5.74) is 0.152. The quantitative estimate of drug-likeness (QED) is 0.727. The van der Waals surface area contributed by atoms with E-state index in [0.717, 1.165) is 13.0 Å². The molecule has 0 aromatic rings. The van der Waals surface area contributed by atoms with Gasteiger partial charge in [-0.3, -0.25) is 4.79 Å². The Labute approximate surface area is 90.0 Å². The van der Waals surface area contributed by atoms with E-state index in [-0.39, 0.29) is 11.8 Å². The predicted molar refractivity (Wildman–Crippen MR) is 55.7 cm³/mol. The Hall–Kier alpha value is -0.610. The van der Waals surface area contributed by atoms with E-state index < -0.39 is 5.97 Å². The standard InChI is InChI=1S/C11H19NO3/c1-11(2)9(12-5-3-8(13)14)7-4-6-15-10(7)11/h7,9-10,12H,3-6H2,1-2H3,(H,13,14). The largest absolute Gasteiger partial charge is 0.481 e. The summed E-state index contributed by atoms with van der Waals surface area (Å²) in [4.78, 5) is 10.4. The number of aliphatic carboxylic acids is 1. The molecule has 1 heterocycles. The smallest absolute Gasteiger partial charge is 0.304 e. The van der Waals surface area contributed by atoms with Gasteiger partial charge in [-0.15, -0.1) is 0 Å². The maximum absolute atomic E-state index is 10.4. The second-order valence-electron chi connectivity index (χ2n) is 5.14. The van der Waals surface area contributed by atoms with E-state index in [4.69, 9.17) is 9.84 Å². The fourth-order valence-electron chi connectivity index (χ4n) is 3.07. The van der Waals surface area contributed by atoms with Crippen molar-refractivity contribution in [2.75, 3.05) is 13.2 Å². The molecule has 4 nitrogen and oxygen atoms in total. The molecule has 86 valence electrons. The van der Waals surface area contributed by atoms with E-state index in [1.54, 1.807) is 0 Å². The molecule has 0 aromatic heterocycles. The van der Waals surface area contributed by atoms with Crippen molar-refractivity contribution in [3.05, 3.63) is 0 Å². The van der Waals surface area contributed by atoms with E-state index >= 15 is 0 Å². The Morgan fingerprint density at radius 2 is 2.33 bits per heavy atom. The molecule has 0 amide bonds. The normalized spacial score (nSPS) is 37.1. The zero-order valence-electron chi connectivity index (χ0n) is 9.32. The van der Waals surface area contributed by atoms with Crippen LogP contribution in [0.15, 0.2) is 0 Å². The lowest BCUT2D eigenvalue weighted by molar-refractivity contribution is -0.137. The maximum Gasteiger partial charge on any atom is 0.304 e. The first kappa shape index (κ1) is 10.9. The lowest BCUT2D eigenvalue weighted by atomic mass is 9.57. The van der Waals surface area contributed by atoms with Crippen molar-refractivity contribution in [1.29, 1.82) is 0 Å². The van der Waals surface area contributed by atoms with Crippen LogP contribution in [0.3, 0.4) is 0 Å². The Bertz CT molecular complexity index is 265. The lowest BCUT2D eigenvalue weighted by Crippen LogP contribution is -2.65. The van der Waals surface area contributed by atoms with Crippen LogP contribution in [0, 0.1) is 11.3 Å². The Morgan fingerprint density at radius 3 is 3.00 bits per heavy atom. The van der Waals surface area contributed by atoms with E-state index in [9.17, 15) is 4.79 Å². The first-order chi connectivity index (χ1) is 7.03. The van der Waals surface area contributed by atoms with Gasteiger partial charge in [-0.25, -0.2) is 0 Å². The highest BCUT2D eigenvalue weighted by molar-refractivity contribution is 5.66. The summed E-state index contributed by atoms with van der Waals surface area (Å²) in [5, 5.41) is 11.9. The molecule has 1 saturated carbocycles. The number of carboxylic acids is 1. The molecule has 0 spiro atoms. The summed E-state index contributed by atoms with van der Waals surface area (Å²) in [7, 11) is 0. The van der Waals surface area contributed by atoms with Crippen molar-refractivity contribution in [3.63, 3.8) is 0 Å². The van der Waals surface area contributed by atoms with Gasteiger partial charge in [0.05, 0.1) is 12.5 Å². The fourth-order valence-corrected chi connectivity index (χ4v) is 3.07. The second-order valence-corrected chi connectivity index (χ2v) is 5.14. The van der Waals surface area contributed by atoms with Crippen LogP contribution in [0.1, 0.15) is 26.7 Å². The fraction of sp³-hybridized carbons (Fsp3) is 0.909. The van der Waals surface area contributed by atoms with Gasteiger partial charge in [0, 0.05) is 30.5 Å². The van der Waals surface area contributed by atoms with Crippen molar-refractivity contribution >= 4 is 5.97 Å². The molecule has 0 radical (unpaired) electrons. The summed E-state index contributed by atoms with van der Waals surface area (Å²) >= 11 is 0. The van der Waals surface area contributed by atoms with Gasteiger partial charge in [0.2, 0.25) is 0 Å². The Balaban J connectivity index is 1.84. The first-order valence-electron chi connectivity index (χ1n) is 5.60. The van der Waals surface area contributed by atoms with Gasteiger partial charge in [0.15, 0.2) is 0 Å². The first-order valence-corrected chi connectivity index (χ1v) is 5.60. The highest BCUT2D eigenvalue weighted by Crippen LogP contribution is 2.51. The van der Waals surface area contributed by atoms with Gasteiger partial charge >= 0.3 is 5.97 Å². The molecular formula is C11H19NO3. The van der Waals surface area contributed by atoms with Crippen molar-refractivity contribution in [3.8, 4) is 0 Å². The minimum absolute atomic E-state index is 0.152. The summed E-state index contributed by atoms with van der Waals surface area (Å²) in [6, 6.07) is 0.421. The van der Waals surface area contributed by atoms with Crippen LogP contribution in [-0.2, 0) is 9.53 Å². The third kappa shape index (κ3) is 1.76. The number of hydrogen-bond acceptors (Lipinski definition) is 3. The van der Waals surface area contributed by atoms with Crippen LogP contribution >= 0.6 is 0 Å². The van der Waals surface area contributed by atoms with E-state index in [1.807, 2.05) is 0 Å². The van der Waals surface area contributed by atoms with Crippen molar-refractivity contribution in [1.82, 2.24) is 5.32 Å². The van der Waals surface area contributed by atoms with Crippen LogP contribution in [0.2, 0.25) is 0 Å². The maximum atomic E-state index is 10.4. The van der Waals surface area contributed by atoms with E-state index in [1.165, 1.54) is 0 Å². The highest BCUT2D eigenvalue weighted by Gasteiger charge is 2.58. The number of hydrogen-bond donors (Lipinski definition) is 2. The third-order valence-corrected chi connectivity index (χ3v) is 3.80. The van der Waals surface area contributed by atoms with Crippen molar-refractivity contribution < 1.29 is 14.6 Å². The van der Waals surface area contributed by atoms with Crippen molar-refractivity contribution in [2.45, 2.75) is 38.8 Å². The minimum atomic E-state index is -0.737. The van der Waals surface area contributed by atoms with Crippen LogP contribution in [-0.4, -0.2) is 36.4 Å². The molecule has 0 bridgehead atoms. The molecular weight excluding hydrogens is 194 g/mol. The number of rotatable bonds is 4. The van der Waals surface area contributed by atoms with Gasteiger partial charge in [-0.2, -0.15) is 0 Å². The summed E-state index contributed by atoms with van der Waals surface area (Å²) in [6.07, 6.45) is 1.68. The zero-order valence-corrected chi connectivity index (χ0v) is 9.32. The highest BCUT2D eigenvalue weighted by atomic mass is 16.5. The van der Waals surface area contributed by atoms with Gasteiger partial charge < -0.3 is 15.2 Å². The molecule has 1 aliphatic heterocycles. The monoisotopic (exact) mass is 213 g/mol. The van der Waals surface area contributed by atoms with Gasteiger partial charge in [-0.05, 0) is 6.42 Å². The zero-order chi connectivity index (χ0) is 11.1. The second kappa shape index (κ2) is 3.76. The molecule has 3 atom stereocenters. The van der Waals surface area contributed by atoms with Crippen LogP contribution < -0.4 is 5.32 Å². The molecule has 2 N–H and O–H groups in total. The SMILES string of the molecule is CC1(C)C(NCCC(=O)O)C2CCOC21. The number of fused-ring (bicyclic) bond motifs is 1. The van der Waals surface area contributed by atoms with Crippen LogP contribution in [0.25, 0.3) is 0 Å². The van der Waals surface area contributed by atoms with Gasteiger partial charge in [0.25, 0.3) is 0 Å². The average Bonchev–Trinajstić information content (AvgIpc) is 2.58. The lowest BCUT2D eigenvalue weighted by Gasteiger charge is -2.55. The van der Waals surface area contributed by atoms with Gasteiger partial charge in [-0.1, -0.05) is 13.8 Å². The van der Waals surface area contributed by atoms with E-state index in [2.05, 4.69) is 19.2 Å². The minimum Gasteiger partial charge on any atom is -0.481 e. The molecule has 2 rings (SSSR count). The number of carbonyl (C=O) groups is 1. The average molecular weight is 213 g/mol. The molecule has 0 aromatic carbocycles. The number of carboxylic acid groups (broad SMARTS) is 1. The summed E-state index contributed by atoms with van der Waals surface area (Å²) < 4.78 is 5.67. The Morgan fingerprint density at radius 1 is 1.60 bits per heavy atom. The molecule has 4 heteroatoms. The summed E-state index contributed by atoms with van der Waals surface area (Å²) in [6.45, 7) is 5.80. The van der Waals surface area contributed by atoms with Crippen molar-refractivity contribution in [2.24, 2.45) is 11.3 Å². The van der Waals surface area contributed by atoms with Crippen LogP contribution in [0.4, 0.5) is 0 Å². The van der Waals surface area contributed by atoms with E-state index in [0.29, 0.717) is 24.6 Å². The van der Waals surface area contributed by atoms with Gasteiger partial charge in [0.1, 0.15) is 0 Å². The molecule has 2 fully saturated rings. The molecule has 15 heavy (non-hydrogen) atoms. The number of nitrogens with one attached hydrogen (secondary N) is 1.